The van der Waals surface area contributed by atoms with E-state index in [0.717, 1.165) is 5.56 Å². The molecule has 2 aromatic carbocycles. The molecule has 2 rings (SSSR count). The Morgan fingerprint density at radius 2 is 2.00 bits per heavy atom. The fourth-order valence-electron chi connectivity index (χ4n) is 1.41. The van der Waals surface area contributed by atoms with E-state index in [1.807, 2.05) is 19.1 Å². The number of aryl methyl sites for hydroxylation is 1. The molecule has 0 radical (unpaired) electrons. The van der Waals surface area contributed by atoms with E-state index < -0.39 is 5.82 Å². The summed E-state index contributed by atoms with van der Waals surface area (Å²) >= 11 is 5.58. The largest absolute Gasteiger partial charge is 0.455 e. The molecule has 0 bridgehead atoms. The van der Waals surface area contributed by atoms with Gasteiger partial charge >= 0.3 is 0 Å². The average molecular weight is 252 g/mol. The van der Waals surface area contributed by atoms with Gasteiger partial charge in [-0.05, 0) is 30.7 Å². The summed E-state index contributed by atoms with van der Waals surface area (Å²) in [6.45, 7) is 1.88. The Hall–Kier alpha value is -1.74. The minimum atomic E-state index is -0.518. The number of para-hydroxylation sites is 1. The van der Waals surface area contributed by atoms with Crippen LogP contribution in [0.4, 0.5) is 10.1 Å². The summed E-state index contributed by atoms with van der Waals surface area (Å²) in [6.07, 6.45) is 0. The number of benzene rings is 2. The van der Waals surface area contributed by atoms with Gasteiger partial charge in [0.15, 0.2) is 5.75 Å². The second kappa shape index (κ2) is 4.63. The quantitative estimate of drug-likeness (QED) is 0.814. The van der Waals surface area contributed by atoms with Gasteiger partial charge in [0.2, 0.25) is 0 Å². The van der Waals surface area contributed by atoms with Crippen molar-refractivity contribution >= 4 is 17.3 Å². The van der Waals surface area contributed by atoms with E-state index in [2.05, 4.69) is 0 Å². The van der Waals surface area contributed by atoms with Gasteiger partial charge in [0.05, 0.1) is 10.7 Å². The van der Waals surface area contributed by atoms with E-state index in [1.54, 1.807) is 12.1 Å². The van der Waals surface area contributed by atoms with Crippen molar-refractivity contribution in [2.75, 3.05) is 5.73 Å². The number of ether oxygens (including phenoxy) is 1. The Kier molecular flexibility index (Phi) is 3.20. The molecule has 2 nitrogen and oxygen atoms in total. The van der Waals surface area contributed by atoms with E-state index in [0.29, 0.717) is 17.2 Å². The molecule has 0 saturated carbocycles. The molecule has 2 N–H and O–H groups in total. The molecule has 0 spiro atoms. The van der Waals surface area contributed by atoms with E-state index in [9.17, 15) is 4.39 Å². The van der Waals surface area contributed by atoms with Gasteiger partial charge in [-0.2, -0.15) is 0 Å². The molecule has 0 aliphatic heterocycles. The lowest BCUT2D eigenvalue weighted by Gasteiger charge is -2.10. The van der Waals surface area contributed by atoms with Gasteiger partial charge in [-0.3, -0.25) is 0 Å². The van der Waals surface area contributed by atoms with Crippen molar-refractivity contribution in [3.8, 4) is 11.5 Å². The third kappa shape index (κ3) is 2.50. The summed E-state index contributed by atoms with van der Waals surface area (Å²) in [4.78, 5) is 0. The zero-order valence-corrected chi connectivity index (χ0v) is 9.96. The molecule has 0 aliphatic rings. The number of hydrogen-bond donors (Lipinski definition) is 1. The highest BCUT2D eigenvalue weighted by Crippen LogP contribution is 2.30. The predicted molar refractivity (Wildman–Crippen MR) is 67.1 cm³/mol. The molecular weight excluding hydrogens is 241 g/mol. The van der Waals surface area contributed by atoms with Crippen molar-refractivity contribution in [2.45, 2.75) is 6.92 Å². The first kappa shape index (κ1) is 11.7. The van der Waals surface area contributed by atoms with Crippen LogP contribution in [0.2, 0.25) is 5.02 Å². The van der Waals surface area contributed by atoms with Crippen LogP contribution in [0.25, 0.3) is 0 Å². The highest BCUT2D eigenvalue weighted by molar-refractivity contribution is 6.30. The predicted octanol–water partition coefficient (Wildman–Crippen LogP) is 4.16. The summed E-state index contributed by atoms with van der Waals surface area (Å²) in [5.41, 5.74) is 7.31. The average Bonchev–Trinajstić information content (AvgIpc) is 2.30. The molecule has 0 amide bonds. The van der Waals surface area contributed by atoms with Gasteiger partial charge in [0.25, 0.3) is 0 Å². The smallest absolute Gasteiger partial charge is 0.150 e. The number of rotatable bonds is 2. The standard InChI is InChI=1S/C13H11ClFNO/c1-8-3-2-4-12(13(8)16)17-9-5-6-10(14)11(15)7-9/h2-7H,16H2,1H3. The van der Waals surface area contributed by atoms with Gasteiger partial charge in [0, 0.05) is 6.07 Å². The minimum absolute atomic E-state index is 0.0644. The zero-order chi connectivity index (χ0) is 12.4. The maximum absolute atomic E-state index is 13.2. The van der Waals surface area contributed by atoms with Crippen molar-refractivity contribution in [1.82, 2.24) is 0 Å². The second-order valence-electron chi connectivity index (χ2n) is 3.66. The van der Waals surface area contributed by atoms with Crippen molar-refractivity contribution < 1.29 is 9.13 Å². The minimum Gasteiger partial charge on any atom is -0.455 e. The number of nitrogen functional groups attached to an aromatic ring is 1. The van der Waals surface area contributed by atoms with Crippen LogP contribution in [-0.4, -0.2) is 0 Å². The summed E-state index contributed by atoms with van der Waals surface area (Å²) < 4.78 is 18.7. The van der Waals surface area contributed by atoms with Crippen LogP contribution in [0.5, 0.6) is 11.5 Å². The lowest BCUT2D eigenvalue weighted by atomic mass is 10.2. The van der Waals surface area contributed by atoms with Gasteiger partial charge in [-0.15, -0.1) is 0 Å². The monoisotopic (exact) mass is 251 g/mol. The van der Waals surface area contributed by atoms with Crippen LogP contribution < -0.4 is 10.5 Å². The molecule has 0 atom stereocenters. The van der Waals surface area contributed by atoms with Crippen LogP contribution in [0, 0.1) is 12.7 Å². The Morgan fingerprint density at radius 1 is 1.24 bits per heavy atom. The van der Waals surface area contributed by atoms with E-state index in [4.69, 9.17) is 22.1 Å². The molecule has 4 heteroatoms. The molecule has 0 aromatic heterocycles. The van der Waals surface area contributed by atoms with Crippen LogP contribution in [0.3, 0.4) is 0 Å². The first-order chi connectivity index (χ1) is 8.08. The number of anilines is 1. The van der Waals surface area contributed by atoms with Crippen molar-refractivity contribution in [3.05, 3.63) is 52.8 Å². The number of nitrogens with two attached hydrogens (primary N) is 1. The molecule has 2 aromatic rings. The van der Waals surface area contributed by atoms with Crippen LogP contribution in [0.1, 0.15) is 5.56 Å². The Balaban J connectivity index is 2.31. The summed E-state index contributed by atoms with van der Waals surface area (Å²) in [5, 5.41) is 0.0644. The lowest BCUT2D eigenvalue weighted by Crippen LogP contribution is -1.94. The second-order valence-corrected chi connectivity index (χ2v) is 4.07. The van der Waals surface area contributed by atoms with E-state index in [-0.39, 0.29) is 5.02 Å². The lowest BCUT2D eigenvalue weighted by molar-refractivity contribution is 0.479. The summed E-state index contributed by atoms with van der Waals surface area (Å²) in [6, 6.07) is 9.70. The van der Waals surface area contributed by atoms with Crippen molar-refractivity contribution in [1.29, 1.82) is 0 Å². The molecule has 0 aliphatic carbocycles. The summed E-state index contributed by atoms with van der Waals surface area (Å²) in [7, 11) is 0. The Labute approximate surface area is 104 Å². The van der Waals surface area contributed by atoms with Gasteiger partial charge < -0.3 is 10.5 Å². The van der Waals surface area contributed by atoms with Crippen LogP contribution in [0.15, 0.2) is 36.4 Å². The molecule has 0 saturated heterocycles. The fraction of sp³-hybridized carbons (Fsp3) is 0.0769. The summed E-state index contributed by atoms with van der Waals surface area (Å²) in [5.74, 6) is 0.353. The fourth-order valence-corrected chi connectivity index (χ4v) is 1.53. The normalized spacial score (nSPS) is 10.3. The van der Waals surface area contributed by atoms with Gasteiger partial charge in [0.1, 0.15) is 11.6 Å². The van der Waals surface area contributed by atoms with Gasteiger partial charge in [-0.1, -0.05) is 23.7 Å². The molecule has 0 heterocycles. The third-order valence-electron chi connectivity index (χ3n) is 2.40. The molecule has 88 valence electrons. The van der Waals surface area contributed by atoms with E-state index >= 15 is 0 Å². The van der Waals surface area contributed by atoms with Gasteiger partial charge in [-0.25, -0.2) is 4.39 Å². The molecular formula is C13H11ClFNO. The SMILES string of the molecule is Cc1cccc(Oc2ccc(Cl)c(F)c2)c1N. The highest BCUT2D eigenvalue weighted by atomic mass is 35.5. The first-order valence-corrected chi connectivity index (χ1v) is 5.43. The topological polar surface area (TPSA) is 35.2 Å². The maximum Gasteiger partial charge on any atom is 0.150 e. The highest BCUT2D eigenvalue weighted by Gasteiger charge is 2.06. The maximum atomic E-state index is 13.2. The van der Waals surface area contributed by atoms with Crippen molar-refractivity contribution in [2.24, 2.45) is 0 Å². The Bertz CT molecular complexity index is 557. The number of halogens is 2. The zero-order valence-electron chi connectivity index (χ0n) is 9.21. The number of hydrogen-bond acceptors (Lipinski definition) is 2. The van der Waals surface area contributed by atoms with Crippen LogP contribution in [-0.2, 0) is 0 Å². The molecule has 0 fully saturated rings. The third-order valence-corrected chi connectivity index (χ3v) is 2.71. The Morgan fingerprint density at radius 3 is 2.71 bits per heavy atom. The van der Waals surface area contributed by atoms with E-state index in [1.165, 1.54) is 12.1 Å². The molecule has 17 heavy (non-hydrogen) atoms. The van der Waals surface area contributed by atoms with Crippen LogP contribution >= 0.6 is 11.6 Å². The first-order valence-electron chi connectivity index (χ1n) is 5.06. The molecule has 0 unspecified atom stereocenters. The van der Waals surface area contributed by atoms with Crippen molar-refractivity contribution in [3.63, 3.8) is 0 Å².